The number of rotatable bonds is 7. The molecule has 0 radical (unpaired) electrons. The third kappa shape index (κ3) is 5.27. The maximum atomic E-state index is 13.0. The van der Waals surface area contributed by atoms with E-state index in [0.717, 1.165) is 30.5 Å². The molecule has 2 aliphatic rings. The van der Waals surface area contributed by atoms with Crippen molar-refractivity contribution in [3.8, 4) is 5.69 Å². The number of nitrogens with one attached hydrogen (secondary N) is 1. The smallest absolute Gasteiger partial charge is 0.243 e. The molecule has 1 saturated carbocycles. The minimum Gasteiger partial charge on any atom is -0.350 e. The molecule has 1 saturated heterocycles. The van der Waals surface area contributed by atoms with Gasteiger partial charge in [0, 0.05) is 18.1 Å². The number of carbonyl (C=O) groups excluding carboxylic acids is 2. The number of hydrogen-bond donors (Lipinski definition) is 2. The van der Waals surface area contributed by atoms with Gasteiger partial charge in [-0.2, -0.15) is 0 Å². The van der Waals surface area contributed by atoms with Gasteiger partial charge in [-0.3, -0.25) is 9.59 Å². The van der Waals surface area contributed by atoms with Crippen molar-refractivity contribution in [1.29, 1.82) is 0 Å². The number of likely N-dealkylation sites (tertiary alicyclic amines) is 1. The van der Waals surface area contributed by atoms with Crippen molar-refractivity contribution in [3.05, 3.63) is 35.1 Å². The zero-order valence-electron chi connectivity index (χ0n) is 18.1. The van der Waals surface area contributed by atoms with E-state index in [4.69, 9.17) is 17.3 Å². The number of tetrazole rings is 1. The number of halogens is 1. The molecule has 1 aromatic heterocycles. The predicted molar refractivity (Wildman–Crippen MR) is 120 cm³/mol. The van der Waals surface area contributed by atoms with Crippen LogP contribution in [0.5, 0.6) is 0 Å². The van der Waals surface area contributed by atoms with Crippen molar-refractivity contribution in [2.24, 2.45) is 11.7 Å². The molecule has 4 rings (SSSR count). The van der Waals surface area contributed by atoms with Gasteiger partial charge in [-0.15, -0.1) is 5.10 Å². The van der Waals surface area contributed by atoms with Gasteiger partial charge in [0.25, 0.3) is 0 Å². The minimum atomic E-state index is -0.536. The van der Waals surface area contributed by atoms with Crippen LogP contribution in [0.2, 0.25) is 5.02 Å². The summed E-state index contributed by atoms with van der Waals surface area (Å²) in [6.45, 7) is 0.823. The second-order valence-electron chi connectivity index (χ2n) is 8.78. The van der Waals surface area contributed by atoms with Crippen LogP contribution in [0.3, 0.4) is 0 Å². The number of nitrogens with zero attached hydrogens (tertiary/aromatic N) is 5. The van der Waals surface area contributed by atoms with Gasteiger partial charge in [-0.05, 0) is 59.4 Å². The molecule has 2 heterocycles. The van der Waals surface area contributed by atoms with E-state index in [2.05, 4.69) is 20.8 Å². The van der Waals surface area contributed by atoms with E-state index < -0.39 is 12.1 Å². The third-order valence-corrected chi connectivity index (χ3v) is 6.79. The molecule has 1 aliphatic heterocycles. The molecule has 1 aromatic carbocycles. The monoisotopic (exact) mass is 459 g/mol. The highest BCUT2D eigenvalue weighted by molar-refractivity contribution is 6.30. The Bertz CT molecular complexity index is 930. The number of hydrogen-bond acceptors (Lipinski definition) is 6. The Morgan fingerprint density at radius 2 is 2.00 bits per heavy atom. The molecule has 10 heteroatoms. The second kappa shape index (κ2) is 10.4. The third-order valence-electron chi connectivity index (χ3n) is 6.56. The van der Waals surface area contributed by atoms with Crippen molar-refractivity contribution in [2.45, 2.75) is 70.0 Å². The van der Waals surface area contributed by atoms with Gasteiger partial charge in [0.2, 0.25) is 11.8 Å². The fourth-order valence-corrected chi connectivity index (χ4v) is 5.08. The highest BCUT2D eigenvalue weighted by Crippen LogP contribution is 2.28. The molecule has 9 nitrogen and oxygen atoms in total. The summed E-state index contributed by atoms with van der Waals surface area (Å²) in [5, 5.41) is 14.8. The highest BCUT2D eigenvalue weighted by Gasteiger charge is 2.36. The van der Waals surface area contributed by atoms with Crippen LogP contribution in [0, 0.1) is 5.92 Å². The van der Waals surface area contributed by atoms with E-state index in [-0.39, 0.29) is 18.4 Å². The van der Waals surface area contributed by atoms with Gasteiger partial charge in [0.05, 0.1) is 11.7 Å². The number of carbonyl (C=O) groups is 2. The largest absolute Gasteiger partial charge is 0.350 e. The molecule has 2 aromatic rings. The summed E-state index contributed by atoms with van der Waals surface area (Å²) in [6.07, 6.45) is 9.64. The first-order valence-electron chi connectivity index (χ1n) is 11.4. The summed E-state index contributed by atoms with van der Waals surface area (Å²) >= 11 is 6.16. The lowest BCUT2D eigenvalue weighted by Gasteiger charge is -2.29. The van der Waals surface area contributed by atoms with E-state index in [9.17, 15) is 9.59 Å². The standard InChI is InChI=1S/C22H30ClN7O2/c23-17-8-9-19(30-14-26-27-28-30)16(12-17)13-25-21(31)20-7-4-10-29(20)22(32)18(24)11-15-5-2-1-3-6-15/h8-9,12,14-15,18,20H,1-7,10-11,13,24H2,(H,25,31)/t18-,20+/m1/s1. The van der Waals surface area contributed by atoms with E-state index in [1.807, 2.05) is 0 Å². The van der Waals surface area contributed by atoms with Crippen LogP contribution in [-0.2, 0) is 16.1 Å². The predicted octanol–water partition coefficient (Wildman–Crippen LogP) is 2.22. The van der Waals surface area contributed by atoms with Crippen LogP contribution in [-0.4, -0.2) is 55.5 Å². The Morgan fingerprint density at radius 1 is 1.19 bits per heavy atom. The summed E-state index contributed by atoms with van der Waals surface area (Å²) in [4.78, 5) is 27.7. The van der Waals surface area contributed by atoms with E-state index in [1.165, 1.54) is 30.3 Å². The number of aromatic nitrogens is 4. The van der Waals surface area contributed by atoms with Crippen LogP contribution in [0.25, 0.3) is 5.69 Å². The molecule has 1 aliphatic carbocycles. The van der Waals surface area contributed by atoms with Gasteiger partial charge < -0.3 is 16.0 Å². The molecule has 172 valence electrons. The van der Waals surface area contributed by atoms with E-state index in [0.29, 0.717) is 30.3 Å². The van der Waals surface area contributed by atoms with Crippen LogP contribution in [0.4, 0.5) is 0 Å². The molecule has 0 unspecified atom stereocenters. The second-order valence-corrected chi connectivity index (χ2v) is 9.22. The van der Waals surface area contributed by atoms with Crippen LogP contribution >= 0.6 is 11.6 Å². The fourth-order valence-electron chi connectivity index (χ4n) is 4.89. The summed E-state index contributed by atoms with van der Waals surface area (Å²) < 4.78 is 1.52. The van der Waals surface area contributed by atoms with Gasteiger partial charge in [0.1, 0.15) is 12.4 Å². The average Bonchev–Trinajstić information content (AvgIpc) is 3.50. The van der Waals surface area contributed by atoms with E-state index >= 15 is 0 Å². The number of benzene rings is 1. The van der Waals surface area contributed by atoms with Crippen LogP contribution < -0.4 is 11.1 Å². The normalized spacial score (nSPS) is 20.3. The molecule has 2 atom stereocenters. The molecule has 2 fully saturated rings. The zero-order valence-corrected chi connectivity index (χ0v) is 18.9. The van der Waals surface area contributed by atoms with Crippen LogP contribution in [0.15, 0.2) is 24.5 Å². The molecule has 3 N–H and O–H groups in total. The van der Waals surface area contributed by atoms with Crippen LogP contribution in [0.1, 0.15) is 56.9 Å². The lowest BCUT2D eigenvalue weighted by molar-refractivity contribution is -0.139. The number of amides is 2. The van der Waals surface area contributed by atoms with Gasteiger partial charge in [0.15, 0.2) is 0 Å². The van der Waals surface area contributed by atoms with Crippen molar-refractivity contribution in [3.63, 3.8) is 0 Å². The SMILES string of the molecule is N[C@H](CC1CCCCC1)C(=O)N1CCC[C@H]1C(=O)NCc1cc(Cl)ccc1-n1cnnn1. The molecular formula is C22H30ClN7O2. The Kier molecular flexibility index (Phi) is 7.36. The first-order chi connectivity index (χ1) is 15.5. The average molecular weight is 460 g/mol. The van der Waals surface area contributed by atoms with Gasteiger partial charge in [-0.1, -0.05) is 43.7 Å². The first kappa shape index (κ1) is 22.7. The van der Waals surface area contributed by atoms with Gasteiger partial charge in [-0.25, -0.2) is 4.68 Å². The first-order valence-corrected chi connectivity index (χ1v) is 11.8. The van der Waals surface area contributed by atoms with Crippen molar-refractivity contribution in [2.75, 3.05) is 6.54 Å². The molecule has 32 heavy (non-hydrogen) atoms. The van der Waals surface area contributed by atoms with Crippen molar-refractivity contribution < 1.29 is 9.59 Å². The topological polar surface area (TPSA) is 119 Å². The summed E-state index contributed by atoms with van der Waals surface area (Å²) in [5.41, 5.74) is 7.80. The summed E-state index contributed by atoms with van der Waals surface area (Å²) in [6, 6.07) is 4.29. The number of nitrogens with two attached hydrogens (primary N) is 1. The Labute approximate surface area is 192 Å². The van der Waals surface area contributed by atoms with E-state index in [1.54, 1.807) is 23.1 Å². The molecule has 0 spiro atoms. The maximum absolute atomic E-state index is 13.0. The minimum absolute atomic E-state index is 0.106. The summed E-state index contributed by atoms with van der Waals surface area (Å²) in [5.74, 6) is 0.235. The lowest BCUT2D eigenvalue weighted by atomic mass is 9.84. The van der Waals surface area contributed by atoms with Crippen molar-refractivity contribution >= 4 is 23.4 Å². The lowest BCUT2D eigenvalue weighted by Crippen LogP contribution is -2.51. The zero-order chi connectivity index (χ0) is 22.5. The Hall–Kier alpha value is -2.52. The fraction of sp³-hybridized carbons (Fsp3) is 0.591. The highest BCUT2D eigenvalue weighted by atomic mass is 35.5. The molecule has 2 amide bonds. The van der Waals surface area contributed by atoms with Gasteiger partial charge >= 0.3 is 0 Å². The molecule has 0 bridgehead atoms. The summed E-state index contributed by atoms with van der Waals surface area (Å²) in [7, 11) is 0. The van der Waals surface area contributed by atoms with Crippen molar-refractivity contribution in [1.82, 2.24) is 30.4 Å². The quantitative estimate of drug-likeness (QED) is 0.655. The maximum Gasteiger partial charge on any atom is 0.243 e. The molecular weight excluding hydrogens is 430 g/mol. The Morgan fingerprint density at radius 3 is 2.75 bits per heavy atom. The Balaban J connectivity index is 1.38.